The van der Waals surface area contributed by atoms with E-state index in [1.165, 1.54) is 0 Å². The average molecular weight is 489 g/mol. The van der Waals surface area contributed by atoms with Gasteiger partial charge in [0.15, 0.2) is 9.84 Å². The number of benzene rings is 2. The second kappa shape index (κ2) is 10.1. The van der Waals surface area contributed by atoms with Crippen LogP contribution in [0.2, 0.25) is 0 Å². The summed E-state index contributed by atoms with van der Waals surface area (Å²) in [6.07, 6.45) is 8.61. The molecule has 1 aliphatic rings. The Morgan fingerprint density at radius 3 is 2.23 bits per heavy atom. The van der Waals surface area contributed by atoms with E-state index in [0.717, 1.165) is 35.5 Å². The minimum absolute atomic E-state index is 0.324. The van der Waals surface area contributed by atoms with Crippen molar-refractivity contribution >= 4 is 33.6 Å². The molecule has 0 saturated carbocycles. The molecule has 2 aromatic carbocycles. The van der Waals surface area contributed by atoms with E-state index in [0.29, 0.717) is 29.5 Å². The maximum atomic E-state index is 12.8. The van der Waals surface area contributed by atoms with E-state index in [9.17, 15) is 8.42 Å². The van der Waals surface area contributed by atoms with Crippen LogP contribution in [0.4, 0.5) is 11.6 Å². The van der Waals surface area contributed by atoms with Gasteiger partial charge in [-0.3, -0.25) is 0 Å². The molecule has 2 aromatic heterocycles. The summed E-state index contributed by atoms with van der Waals surface area (Å²) in [6.45, 7) is 1.47. The van der Waals surface area contributed by atoms with Crippen molar-refractivity contribution in [3.8, 4) is 11.4 Å². The number of anilines is 2. The van der Waals surface area contributed by atoms with Crippen LogP contribution in [0.5, 0.6) is 0 Å². The smallest absolute Gasteiger partial charge is 0.227 e. The number of H-pyrrole nitrogens is 1. The van der Waals surface area contributed by atoms with Crippen molar-refractivity contribution in [1.29, 1.82) is 0 Å². The summed E-state index contributed by atoms with van der Waals surface area (Å²) in [5.41, 5.74) is 3.46. The molecule has 0 unspecified atom stereocenters. The summed E-state index contributed by atoms with van der Waals surface area (Å²) in [5.74, 6) is 0.982. The molecule has 10 nitrogen and oxygen atoms in total. The van der Waals surface area contributed by atoms with Gasteiger partial charge in [-0.15, -0.1) is 10.2 Å². The maximum Gasteiger partial charge on any atom is 0.227 e. The van der Waals surface area contributed by atoms with Gasteiger partial charge in [-0.2, -0.15) is 5.21 Å². The number of sulfone groups is 1. The monoisotopic (exact) mass is 488 g/mol. The highest BCUT2D eigenvalue weighted by atomic mass is 32.2. The van der Waals surface area contributed by atoms with Crippen molar-refractivity contribution in [3.63, 3.8) is 0 Å². The lowest BCUT2D eigenvalue weighted by Crippen LogP contribution is -2.35. The molecular formula is C24H24N8O2S. The van der Waals surface area contributed by atoms with Crippen LogP contribution in [-0.4, -0.2) is 57.3 Å². The molecular weight excluding hydrogens is 464 g/mol. The first kappa shape index (κ1) is 22.8. The molecule has 1 saturated heterocycles. The molecule has 5 rings (SSSR count). The van der Waals surface area contributed by atoms with Crippen molar-refractivity contribution in [3.05, 3.63) is 72.1 Å². The highest BCUT2D eigenvalue weighted by Gasteiger charge is 2.28. The Morgan fingerprint density at radius 1 is 0.886 bits per heavy atom. The molecule has 3 N–H and O–H groups in total. The van der Waals surface area contributed by atoms with Gasteiger partial charge in [0, 0.05) is 29.2 Å². The van der Waals surface area contributed by atoms with Crippen LogP contribution in [0.15, 0.2) is 65.8 Å². The molecule has 0 atom stereocenters. The predicted molar refractivity (Wildman–Crippen MR) is 133 cm³/mol. The lowest BCUT2D eigenvalue weighted by Gasteiger charge is -2.22. The van der Waals surface area contributed by atoms with E-state index in [2.05, 4.69) is 41.2 Å². The third kappa shape index (κ3) is 5.42. The molecule has 0 radical (unpaired) electrons. The Bertz CT molecular complexity index is 1380. The fraction of sp³-hybridized carbons (Fsp3) is 0.208. The third-order valence-corrected chi connectivity index (χ3v) is 8.10. The Balaban J connectivity index is 1.20. The van der Waals surface area contributed by atoms with Gasteiger partial charge in [0.05, 0.1) is 10.1 Å². The van der Waals surface area contributed by atoms with E-state index in [-0.39, 0.29) is 5.25 Å². The fourth-order valence-corrected chi connectivity index (χ4v) is 5.62. The predicted octanol–water partition coefficient (Wildman–Crippen LogP) is 3.10. The van der Waals surface area contributed by atoms with E-state index in [1.807, 2.05) is 36.4 Å². The third-order valence-electron chi connectivity index (χ3n) is 5.82. The van der Waals surface area contributed by atoms with Gasteiger partial charge >= 0.3 is 0 Å². The molecule has 1 aliphatic heterocycles. The summed E-state index contributed by atoms with van der Waals surface area (Å²) < 4.78 is 25.7. The standard InChI is InChI=1S/C24H24N8O2S/c33-35(34,22-11-13-25-14-12-22)21-9-7-20(8-10-21)28-24-26-15-18(16-27-24)2-1-17-3-5-19(6-4-17)23-29-31-32-30-23/h1-10,15-16,22,25H,11-14H2,(H,26,27,28)(H,29,30,31,32)/b2-1+. The second-order valence-electron chi connectivity index (χ2n) is 8.17. The van der Waals surface area contributed by atoms with Gasteiger partial charge in [-0.25, -0.2) is 18.4 Å². The molecule has 0 bridgehead atoms. The Hall–Kier alpha value is -3.96. The zero-order valence-electron chi connectivity index (χ0n) is 18.8. The molecule has 11 heteroatoms. The normalized spacial score (nSPS) is 14.9. The van der Waals surface area contributed by atoms with Crippen molar-refractivity contribution in [2.75, 3.05) is 18.4 Å². The van der Waals surface area contributed by atoms with Gasteiger partial charge in [0.1, 0.15) is 0 Å². The van der Waals surface area contributed by atoms with E-state index in [1.54, 1.807) is 36.7 Å². The molecule has 35 heavy (non-hydrogen) atoms. The molecule has 3 heterocycles. The number of nitrogens with zero attached hydrogens (tertiary/aromatic N) is 5. The number of rotatable bonds is 7. The summed E-state index contributed by atoms with van der Waals surface area (Å²) in [4.78, 5) is 9.06. The van der Waals surface area contributed by atoms with E-state index < -0.39 is 9.84 Å². The molecule has 1 fully saturated rings. The molecule has 0 aliphatic carbocycles. The number of hydrogen-bond donors (Lipinski definition) is 3. The number of tetrazole rings is 1. The van der Waals surface area contributed by atoms with Gasteiger partial charge in [0.25, 0.3) is 0 Å². The minimum Gasteiger partial charge on any atom is -0.324 e. The Morgan fingerprint density at radius 2 is 1.57 bits per heavy atom. The van der Waals surface area contributed by atoms with Crippen LogP contribution < -0.4 is 10.6 Å². The van der Waals surface area contributed by atoms with Crippen molar-refractivity contribution in [2.24, 2.45) is 0 Å². The SMILES string of the molecule is O=S(=O)(c1ccc(Nc2ncc(/C=C/c3ccc(-c4nn[nH]n4)cc3)cn2)cc1)C1CCNCC1. The number of nitrogens with one attached hydrogen (secondary N) is 3. The number of aromatic nitrogens is 6. The summed E-state index contributed by atoms with van der Waals surface area (Å²) in [5, 5.41) is 19.9. The zero-order valence-corrected chi connectivity index (χ0v) is 19.6. The van der Waals surface area contributed by atoms with Gasteiger partial charge < -0.3 is 10.6 Å². The van der Waals surface area contributed by atoms with E-state index >= 15 is 0 Å². The van der Waals surface area contributed by atoms with Crippen LogP contribution >= 0.6 is 0 Å². The van der Waals surface area contributed by atoms with Crippen LogP contribution in [0.1, 0.15) is 24.0 Å². The quantitative estimate of drug-likeness (QED) is 0.358. The highest BCUT2D eigenvalue weighted by molar-refractivity contribution is 7.92. The first-order chi connectivity index (χ1) is 17.1. The van der Waals surface area contributed by atoms with Gasteiger partial charge in [-0.1, -0.05) is 36.4 Å². The molecule has 0 spiro atoms. The van der Waals surface area contributed by atoms with Crippen molar-refractivity contribution in [2.45, 2.75) is 23.0 Å². The van der Waals surface area contributed by atoms with Gasteiger partial charge in [-0.05, 0) is 61.0 Å². The first-order valence-corrected chi connectivity index (χ1v) is 12.8. The minimum atomic E-state index is -3.32. The van der Waals surface area contributed by atoms with Crippen LogP contribution in [0, 0.1) is 0 Å². The van der Waals surface area contributed by atoms with Gasteiger partial charge in [0.2, 0.25) is 11.8 Å². The average Bonchev–Trinajstić information content (AvgIpc) is 3.45. The number of aromatic amines is 1. The highest BCUT2D eigenvalue weighted by Crippen LogP contribution is 2.24. The van der Waals surface area contributed by atoms with Crippen molar-refractivity contribution in [1.82, 2.24) is 35.9 Å². The molecule has 4 aromatic rings. The Kier molecular flexibility index (Phi) is 6.59. The second-order valence-corrected chi connectivity index (χ2v) is 10.4. The van der Waals surface area contributed by atoms with Crippen LogP contribution in [-0.2, 0) is 9.84 Å². The fourth-order valence-electron chi connectivity index (χ4n) is 3.86. The summed E-state index contributed by atoms with van der Waals surface area (Å²) in [6, 6.07) is 14.5. The summed E-state index contributed by atoms with van der Waals surface area (Å²) in [7, 11) is -3.32. The maximum absolute atomic E-state index is 12.8. The lowest BCUT2D eigenvalue weighted by molar-refractivity contribution is 0.496. The lowest BCUT2D eigenvalue weighted by atomic mass is 10.1. The topological polar surface area (TPSA) is 138 Å². The molecule has 178 valence electrons. The summed E-state index contributed by atoms with van der Waals surface area (Å²) >= 11 is 0. The number of hydrogen-bond acceptors (Lipinski definition) is 9. The van der Waals surface area contributed by atoms with E-state index in [4.69, 9.17) is 0 Å². The largest absolute Gasteiger partial charge is 0.324 e. The molecule has 0 amide bonds. The first-order valence-electron chi connectivity index (χ1n) is 11.2. The zero-order chi connectivity index (χ0) is 24.1. The van der Waals surface area contributed by atoms with Crippen molar-refractivity contribution < 1.29 is 8.42 Å². The van der Waals surface area contributed by atoms with Crippen LogP contribution in [0.25, 0.3) is 23.5 Å². The Labute approximate surface area is 202 Å². The number of piperidine rings is 1. The van der Waals surface area contributed by atoms with Crippen LogP contribution in [0.3, 0.4) is 0 Å².